The van der Waals surface area contributed by atoms with Crippen LogP contribution in [-0.4, -0.2) is 11.9 Å². The summed E-state index contributed by atoms with van der Waals surface area (Å²) in [6, 6.07) is 0. The van der Waals surface area contributed by atoms with Crippen LogP contribution in [0.4, 0.5) is 11.4 Å². The summed E-state index contributed by atoms with van der Waals surface area (Å²) >= 11 is 0. The van der Waals surface area contributed by atoms with Gasteiger partial charge in [0.15, 0.2) is 21.7 Å². The van der Waals surface area contributed by atoms with Crippen LogP contribution in [0.2, 0.25) is 0 Å². The monoisotopic (exact) mass is 332 g/mol. The number of benzene rings is 1. The zero-order valence-electron chi connectivity index (χ0n) is 13.3. The third-order valence-corrected chi connectivity index (χ3v) is 3.46. The van der Waals surface area contributed by atoms with Crippen LogP contribution in [-0.2, 0) is 22.4 Å². The van der Waals surface area contributed by atoms with Crippen LogP contribution < -0.4 is 19.3 Å². The SMILES string of the molecule is CC(=O)Oc1c2c(c(OC(C)=O)c(N=[N+]=N)c1N=[N+]=N)CCCC2. The van der Waals surface area contributed by atoms with E-state index in [4.69, 9.17) is 20.5 Å². The topological polar surface area (TPSA) is 153 Å². The fraction of sp³-hybridized carbons (Fsp3) is 0.429. The molecule has 0 spiro atoms. The molecule has 124 valence electrons. The Kier molecular flexibility index (Phi) is 5.26. The summed E-state index contributed by atoms with van der Waals surface area (Å²) in [6.45, 7) is 2.48. The molecule has 0 aliphatic heterocycles. The van der Waals surface area contributed by atoms with Gasteiger partial charge in [-0.2, -0.15) is 0 Å². The number of nitrogens with one attached hydrogen (secondary N) is 2. The Hall–Kier alpha value is -3.22. The van der Waals surface area contributed by atoms with Crippen molar-refractivity contribution in [2.45, 2.75) is 39.5 Å². The van der Waals surface area contributed by atoms with E-state index < -0.39 is 11.9 Å². The van der Waals surface area contributed by atoms with Gasteiger partial charge in [0.05, 0.1) is 0 Å². The summed E-state index contributed by atoms with van der Waals surface area (Å²) in [7, 11) is 0. The van der Waals surface area contributed by atoms with E-state index in [1.54, 1.807) is 0 Å². The number of ether oxygens (including phenoxy) is 2. The summed E-state index contributed by atoms with van der Waals surface area (Å²) in [5.41, 5.74) is 15.2. The lowest BCUT2D eigenvalue weighted by Crippen LogP contribution is -2.13. The maximum atomic E-state index is 11.5. The number of hydrogen-bond acceptors (Lipinski definition) is 8. The minimum absolute atomic E-state index is 0.0619. The lowest BCUT2D eigenvalue weighted by molar-refractivity contribution is -0.133. The molecule has 0 heterocycles. The molecule has 2 rings (SSSR count). The highest BCUT2D eigenvalue weighted by molar-refractivity contribution is 5.85. The first-order valence-corrected chi connectivity index (χ1v) is 7.23. The van der Waals surface area contributed by atoms with Gasteiger partial charge in [0.1, 0.15) is 11.1 Å². The second kappa shape index (κ2) is 7.36. The first-order chi connectivity index (χ1) is 11.5. The van der Waals surface area contributed by atoms with Crippen LogP contribution in [0.1, 0.15) is 37.8 Å². The van der Waals surface area contributed by atoms with Crippen molar-refractivity contribution < 1.29 is 19.1 Å². The standard InChI is InChI=1S/C14H16N6O4/c1-7(21)23-13-9-5-3-4-6-10(9)14(24-8(2)22)12(18-20-16)11(13)17-19-15/h15-16H,3-6H2,1-2H3/q+2. The predicted molar refractivity (Wildman–Crippen MR) is 79.6 cm³/mol. The zero-order valence-corrected chi connectivity index (χ0v) is 13.3. The average molecular weight is 332 g/mol. The molecule has 1 aliphatic rings. The van der Waals surface area contributed by atoms with E-state index in [1.807, 2.05) is 0 Å². The zero-order chi connectivity index (χ0) is 17.7. The largest absolute Gasteiger partial charge is 0.424 e. The highest BCUT2D eigenvalue weighted by Crippen LogP contribution is 2.51. The summed E-state index contributed by atoms with van der Waals surface area (Å²) in [6.07, 6.45) is 2.89. The van der Waals surface area contributed by atoms with Gasteiger partial charge < -0.3 is 9.47 Å². The molecule has 0 saturated heterocycles. The number of esters is 2. The van der Waals surface area contributed by atoms with Crippen LogP contribution in [0.25, 0.3) is 0 Å². The smallest absolute Gasteiger partial charge is 0.308 e. The van der Waals surface area contributed by atoms with Crippen LogP contribution in [0, 0.1) is 11.1 Å². The number of fused-ring (bicyclic) bond motifs is 1. The number of nitrogens with zero attached hydrogens (tertiary/aromatic N) is 4. The van der Waals surface area contributed by atoms with Gasteiger partial charge in [0.25, 0.3) is 0 Å². The van der Waals surface area contributed by atoms with Crippen LogP contribution in [0.5, 0.6) is 11.5 Å². The fourth-order valence-corrected chi connectivity index (χ4v) is 2.70. The highest BCUT2D eigenvalue weighted by atomic mass is 16.5. The second-order valence-corrected chi connectivity index (χ2v) is 5.11. The molecule has 0 fully saturated rings. The fourth-order valence-electron chi connectivity index (χ4n) is 2.70. The molecule has 1 aromatic rings. The maximum Gasteiger partial charge on any atom is 0.308 e. The van der Waals surface area contributed by atoms with Gasteiger partial charge in [-0.25, -0.2) is 0 Å². The molecule has 0 bridgehead atoms. The minimum Gasteiger partial charge on any atom is -0.424 e. The van der Waals surface area contributed by atoms with Gasteiger partial charge in [0, 0.05) is 25.0 Å². The quantitative estimate of drug-likeness (QED) is 0.376. The number of hydrogen-bond donors (Lipinski definition) is 2. The Morgan fingerprint density at radius 1 is 0.875 bits per heavy atom. The molecular weight excluding hydrogens is 316 g/mol. The molecule has 0 aromatic heterocycles. The van der Waals surface area contributed by atoms with Crippen molar-refractivity contribution in [2.24, 2.45) is 10.2 Å². The van der Waals surface area contributed by atoms with E-state index in [0.717, 1.165) is 12.8 Å². The van der Waals surface area contributed by atoms with Gasteiger partial charge in [-0.1, -0.05) is 0 Å². The third kappa shape index (κ3) is 3.40. The Bertz CT molecular complexity index is 739. The molecule has 1 aromatic carbocycles. The second-order valence-electron chi connectivity index (χ2n) is 5.11. The summed E-state index contributed by atoms with van der Waals surface area (Å²) in [5, 5.41) is 7.28. The molecular formula is C14H16N6O4+2. The Morgan fingerprint density at radius 3 is 1.54 bits per heavy atom. The Labute approximate surface area is 136 Å². The molecule has 24 heavy (non-hydrogen) atoms. The number of carbonyl (C=O) groups is 2. The molecule has 2 N–H and O–H groups in total. The molecule has 1 aliphatic carbocycles. The van der Waals surface area contributed by atoms with Gasteiger partial charge in [-0.05, 0) is 25.7 Å². The van der Waals surface area contributed by atoms with E-state index >= 15 is 0 Å². The molecule has 0 amide bonds. The first kappa shape index (κ1) is 17.1. The summed E-state index contributed by atoms with van der Waals surface area (Å²) in [5.74, 6) is -0.908. The molecule has 0 radical (unpaired) electrons. The molecule has 10 heteroatoms. The highest BCUT2D eigenvalue weighted by Gasteiger charge is 2.33. The van der Waals surface area contributed by atoms with Gasteiger partial charge in [0.2, 0.25) is 21.2 Å². The maximum absolute atomic E-state index is 11.5. The molecule has 0 saturated carbocycles. The van der Waals surface area contributed by atoms with Crippen molar-refractivity contribution in [2.75, 3.05) is 0 Å². The van der Waals surface area contributed by atoms with E-state index in [9.17, 15) is 9.59 Å². The number of carbonyl (C=O) groups excluding carboxylic acids is 2. The van der Waals surface area contributed by atoms with E-state index in [-0.39, 0.29) is 22.9 Å². The minimum atomic E-state index is -0.571. The lowest BCUT2D eigenvalue weighted by atomic mass is 9.88. The lowest BCUT2D eigenvalue weighted by Gasteiger charge is -2.22. The van der Waals surface area contributed by atoms with Crippen LogP contribution >= 0.6 is 0 Å². The third-order valence-electron chi connectivity index (χ3n) is 3.46. The summed E-state index contributed by atoms with van der Waals surface area (Å²) in [4.78, 5) is 28.9. The number of rotatable bonds is 4. The van der Waals surface area contributed by atoms with Crippen molar-refractivity contribution in [1.82, 2.24) is 9.82 Å². The van der Waals surface area contributed by atoms with E-state index in [1.165, 1.54) is 13.8 Å². The Morgan fingerprint density at radius 2 is 1.25 bits per heavy atom. The van der Waals surface area contributed by atoms with Crippen molar-refractivity contribution in [1.29, 1.82) is 11.1 Å². The summed E-state index contributed by atoms with van der Waals surface area (Å²) < 4.78 is 10.5. The van der Waals surface area contributed by atoms with Crippen LogP contribution in [0.3, 0.4) is 0 Å². The first-order valence-electron chi connectivity index (χ1n) is 7.23. The van der Waals surface area contributed by atoms with Crippen molar-refractivity contribution >= 4 is 23.3 Å². The molecule has 10 nitrogen and oxygen atoms in total. The van der Waals surface area contributed by atoms with Crippen molar-refractivity contribution in [3.63, 3.8) is 0 Å². The average Bonchev–Trinajstić information content (AvgIpc) is 2.53. The van der Waals surface area contributed by atoms with Crippen molar-refractivity contribution in [3.8, 4) is 11.5 Å². The Balaban J connectivity index is 2.91. The van der Waals surface area contributed by atoms with Crippen molar-refractivity contribution in [3.05, 3.63) is 11.1 Å². The van der Waals surface area contributed by atoms with E-state index in [0.29, 0.717) is 24.0 Å². The predicted octanol–water partition coefficient (Wildman–Crippen LogP) is 2.78. The van der Waals surface area contributed by atoms with Crippen LogP contribution in [0.15, 0.2) is 10.2 Å². The molecule has 0 atom stereocenters. The van der Waals surface area contributed by atoms with Gasteiger partial charge in [-0.15, -0.1) is 0 Å². The van der Waals surface area contributed by atoms with Gasteiger partial charge >= 0.3 is 11.9 Å². The van der Waals surface area contributed by atoms with Gasteiger partial charge in [-0.3, -0.25) is 9.59 Å². The molecule has 0 unspecified atom stereocenters. The van der Waals surface area contributed by atoms with E-state index in [2.05, 4.69) is 20.1 Å². The normalized spacial score (nSPS) is 12.2.